The topological polar surface area (TPSA) is 54.9 Å². The van der Waals surface area contributed by atoms with Crippen LogP contribution in [0.3, 0.4) is 0 Å². The van der Waals surface area contributed by atoms with Crippen LogP contribution in [0.2, 0.25) is 0 Å². The van der Waals surface area contributed by atoms with Crippen molar-refractivity contribution in [3.63, 3.8) is 0 Å². The Hall–Kier alpha value is -1.66. The van der Waals surface area contributed by atoms with Gasteiger partial charge < -0.3 is 14.4 Å². The number of carbonyl (C=O) groups is 1. The van der Waals surface area contributed by atoms with Crippen molar-refractivity contribution in [3.8, 4) is 5.88 Å². The Bertz CT molecular complexity index is 596. The molecule has 25 heavy (non-hydrogen) atoms. The number of likely N-dealkylation sites (tertiary alicyclic amines) is 1. The van der Waals surface area contributed by atoms with Gasteiger partial charge in [-0.2, -0.15) is 0 Å². The molecule has 136 valence electrons. The van der Waals surface area contributed by atoms with Gasteiger partial charge in [0.1, 0.15) is 0 Å². The fourth-order valence-electron chi connectivity index (χ4n) is 3.76. The molecule has 3 heterocycles. The number of carbonyl (C=O) groups excluding carboxylic acids is 1. The highest BCUT2D eigenvalue weighted by molar-refractivity contribution is 5.94. The average Bonchev–Trinajstić information content (AvgIpc) is 3.41. The standard InChI is InChI=1S/C19H27N3O3/c1-14-11-22(12-17(14)21-6-8-24-9-7-21)19(23)16-4-5-18(20-10-16)25-13-15-2-3-15/h4-5,10,14-15,17H,2-3,6-9,11-13H2,1H3/t14-,17-/m0/s1. The Morgan fingerprint density at radius 1 is 1.28 bits per heavy atom. The SMILES string of the molecule is C[C@H]1CN(C(=O)c2ccc(OCC3CC3)nc2)C[C@@H]1N1CCOCC1. The van der Waals surface area contributed by atoms with Crippen molar-refractivity contribution in [2.24, 2.45) is 11.8 Å². The van der Waals surface area contributed by atoms with Gasteiger partial charge in [0, 0.05) is 44.5 Å². The first-order chi connectivity index (χ1) is 12.2. The lowest BCUT2D eigenvalue weighted by atomic mass is 10.0. The molecule has 0 spiro atoms. The van der Waals surface area contributed by atoms with E-state index in [2.05, 4.69) is 16.8 Å². The highest BCUT2D eigenvalue weighted by atomic mass is 16.5. The minimum Gasteiger partial charge on any atom is -0.477 e. The van der Waals surface area contributed by atoms with Gasteiger partial charge in [0.2, 0.25) is 5.88 Å². The summed E-state index contributed by atoms with van der Waals surface area (Å²) in [5.41, 5.74) is 0.647. The molecule has 0 aromatic carbocycles. The Labute approximate surface area is 149 Å². The Morgan fingerprint density at radius 2 is 2.08 bits per heavy atom. The second kappa shape index (κ2) is 7.30. The Balaban J connectivity index is 1.35. The van der Waals surface area contributed by atoms with E-state index in [0.29, 0.717) is 29.3 Å². The first-order valence-electron chi connectivity index (χ1n) is 9.40. The molecular weight excluding hydrogens is 318 g/mol. The van der Waals surface area contributed by atoms with Gasteiger partial charge >= 0.3 is 0 Å². The van der Waals surface area contributed by atoms with Crippen LogP contribution in [0.1, 0.15) is 30.1 Å². The number of aromatic nitrogens is 1. The van der Waals surface area contributed by atoms with Crippen LogP contribution in [-0.4, -0.2) is 72.7 Å². The van der Waals surface area contributed by atoms with E-state index in [0.717, 1.165) is 46.0 Å². The molecule has 0 bridgehead atoms. The molecule has 1 aliphatic carbocycles. The molecule has 0 N–H and O–H groups in total. The van der Waals surface area contributed by atoms with E-state index in [-0.39, 0.29) is 5.91 Å². The van der Waals surface area contributed by atoms with Crippen LogP contribution in [0.25, 0.3) is 0 Å². The molecule has 1 aromatic rings. The number of morpholine rings is 1. The third kappa shape index (κ3) is 3.96. The molecule has 0 radical (unpaired) electrons. The summed E-state index contributed by atoms with van der Waals surface area (Å²) in [5, 5.41) is 0. The number of ether oxygens (including phenoxy) is 2. The van der Waals surface area contributed by atoms with Gasteiger partial charge in [-0.05, 0) is 30.7 Å². The van der Waals surface area contributed by atoms with E-state index in [9.17, 15) is 4.79 Å². The van der Waals surface area contributed by atoms with Gasteiger partial charge in [0.05, 0.1) is 25.4 Å². The van der Waals surface area contributed by atoms with Gasteiger partial charge in [0.25, 0.3) is 5.91 Å². The monoisotopic (exact) mass is 345 g/mol. The van der Waals surface area contributed by atoms with Crippen molar-refractivity contribution in [2.45, 2.75) is 25.8 Å². The van der Waals surface area contributed by atoms with Crippen LogP contribution in [0, 0.1) is 11.8 Å². The van der Waals surface area contributed by atoms with Gasteiger partial charge in [0.15, 0.2) is 0 Å². The van der Waals surface area contributed by atoms with Crippen molar-refractivity contribution < 1.29 is 14.3 Å². The van der Waals surface area contributed by atoms with Crippen LogP contribution in [0.5, 0.6) is 5.88 Å². The lowest BCUT2D eigenvalue weighted by Gasteiger charge is -2.33. The summed E-state index contributed by atoms with van der Waals surface area (Å²) in [6.45, 7) is 8.09. The summed E-state index contributed by atoms with van der Waals surface area (Å²) < 4.78 is 11.1. The van der Waals surface area contributed by atoms with Gasteiger partial charge in [-0.25, -0.2) is 4.98 Å². The van der Waals surface area contributed by atoms with Crippen molar-refractivity contribution in [1.29, 1.82) is 0 Å². The third-order valence-electron chi connectivity index (χ3n) is 5.52. The quantitative estimate of drug-likeness (QED) is 0.812. The number of pyridine rings is 1. The molecule has 6 heteroatoms. The van der Waals surface area contributed by atoms with E-state index in [1.54, 1.807) is 6.20 Å². The van der Waals surface area contributed by atoms with E-state index >= 15 is 0 Å². The summed E-state index contributed by atoms with van der Waals surface area (Å²) in [7, 11) is 0. The van der Waals surface area contributed by atoms with Crippen LogP contribution < -0.4 is 4.74 Å². The fraction of sp³-hybridized carbons (Fsp3) is 0.684. The highest BCUT2D eigenvalue weighted by Gasteiger charge is 2.36. The first kappa shape index (κ1) is 16.8. The molecule has 2 saturated heterocycles. The predicted octanol–water partition coefficient (Wildman–Crippen LogP) is 1.66. The van der Waals surface area contributed by atoms with Gasteiger partial charge in [-0.1, -0.05) is 6.92 Å². The van der Waals surface area contributed by atoms with Crippen LogP contribution in [-0.2, 0) is 4.74 Å². The molecule has 1 saturated carbocycles. The molecule has 0 unspecified atom stereocenters. The first-order valence-corrected chi connectivity index (χ1v) is 9.40. The van der Waals surface area contributed by atoms with Crippen molar-refractivity contribution >= 4 is 5.91 Å². The molecular formula is C19H27N3O3. The maximum absolute atomic E-state index is 12.8. The lowest BCUT2D eigenvalue weighted by molar-refractivity contribution is 0.0119. The van der Waals surface area contributed by atoms with Gasteiger partial charge in [-0.15, -0.1) is 0 Å². The van der Waals surface area contributed by atoms with Crippen molar-refractivity contribution in [3.05, 3.63) is 23.9 Å². The van der Waals surface area contributed by atoms with Crippen LogP contribution >= 0.6 is 0 Å². The summed E-state index contributed by atoms with van der Waals surface area (Å²) in [6, 6.07) is 4.08. The average molecular weight is 345 g/mol. The summed E-state index contributed by atoms with van der Waals surface area (Å²) >= 11 is 0. The van der Waals surface area contributed by atoms with E-state index < -0.39 is 0 Å². The van der Waals surface area contributed by atoms with E-state index in [1.807, 2.05) is 17.0 Å². The normalized spacial score (nSPS) is 27.5. The molecule has 1 amide bonds. The zero-order valence-corrected chi connectivity index (χ0v) is 14.9. The molecule has 2 atom stereocenters. The number of amides is 1. The van der Waals surface area contributed by atoms with Crippen molar-refractivity contribution in [2.75, 3.05) is 46.0 Å². The zero-order valence-electron chi connectivity index (χ0n) is 14.9. The molecule has 4 rings (SSSR count). The molecule has 3 fully saturated rings. The predicted molar refractivity (Wildman–Crippen MR) is 93.7 cm³/mol. The fourth-order valence-corrected chi connectivity index (χ4v) is 3.76. The number of hydrogen-bond acceptors (Lipinski definition) is 5. The third-order valence-corrected chi connectivity index (χ3v) is 5.52. The number of hydrogen-bond donors (Lipinski definition) is 0. The lowest BCUT2D eigenvalue weighted by Crippen LogP contribution is -2.47. The number of rotatable bonds is 5. The molecule has 1 aromatic heterocycles. The number of nitrogens with zero attached hydrogens (tertiary/aromatic N) is 3. The Morgan fingerprint density at radius 3 is 2.76 bits per heavy atom. The smallest absolute Gasteiger partial charge is 0.255 e. The molecule has 3 aliphatic rings. The van der Waals surface area contributed by atoms with E-state index in [1.165, 1.54) is 12.8 Å². The zero-order chi connectivity index (χ0) is 17.2. The maximum atomic E-state index is 12.8. The maximum Gasteiger partial charge on any atom is 0.255 e. The van der Waals surface area contributed by atoms with Crippen LogP contribution in [0.15, 0.2) is 18.3 Å². The minimum atomic E-state index is 0.0730. The second-order valence-corrected chi connectivity index (χ2v) is 7.54. The van der Waals surface area contributed by atoms with Crippen molar-refractivity contribution in [1.82, 2.24) is 14.8 Å². The summed E-state index contributed by atoms with van der Waals surface area (Å²) in [5.74, 6) is 1.87. The van der Waals surface area contributed by atoms with Gasteiger partial charge in [-0.3, -0.25) is 9.69 Å². The second-order valence-electron chi connectivity index (χ2n) is 7.54. The summed E-state index contributed by atoms with van der Waals surface area (Å²) in [6.07, 6.45) is 4.17. The Kier molecular flexibility index (Phi) is 4.90. The summed E-state index contributed by atoms with van der Waals surface area (Å²) in [4.78, 5) is 21.5. The largest absolute Gasteiger partial charge is 0.477 e. The minimum absolute atomic E-state index is 0.0730. The molecule has 6 nitrogen and oxygen atoms in total. The van der Waals surface area contributed by atoms with E-state index in [4.69, 9.17) is 9.47 Å². The highest BCUT2D eigenvalue weighted by Crippen LogP contribution is 2.29. The molecule has 2 aliphatic heterocycles. The van der Waals surface area contributed by atoms with Crippen LogP contribution in [0.4, 0.5) is 0 Å².